The molecule has 1 amide bonds. The van der Waals surface area contributed by atoms with Crippen molar-refractivity contribution in [2.24, 2.45) is 0 Å². The van der Waals surface area contributed by atoms with Gasteiger partial charge >= 0.3 is 0 Å². The number of carbonyl (C=O) groups excluding carboxylic acids is 1. The summed E-state index contributed by atoms with van der Waals surface area (Å²) in [6.07, 6.45) is 2.36. The van der Waals surface area contributed by atoms with E-state index in [-0.39, 0.29) is 22.7 Å². The Balaban J connectivity index is 1.58. The maximum atomic E-state index is 12.4. The number of carbonyl (C=O) groups is 1. The van der Waals surface area contributed by atoms with Crippen LogP contribution in [0.15, 0.2) is 39.2 Å². The van der Waals surface area contributed by atoms with Crippen LogP contribution in [0, 0.1) is 0 Å². The zero-order valence-corrected chi connectivity index (χ0v) is 17.1. The van der Waals surface area contributed by atoms with E-state index in [0.717, 1.165) is 28.7 Å². The molecule has 1 aliphatic rings. The summed E-state index contributed by atoms with van der Waals surface area (Å²) in [7, 11) is -2.17. The third-order valence-corrected chi connectivity index (χ3v) is 8.62. The van der Waals surface area contributed by atoms with Gasteiger partial charge in [0.1, 0.15) is 4.21 Å². The highest BCUT2D eigenvalue weighted by Gasteiger charge is 2.27. The highest BCUT2D eigenvalue weighted by atomic mass is 32.2. The molecule has 0 saturated carbocycles. The van der Waals surface area contributed by atoms with Gasteiger partial charge in [-0.1, -0.05) is 12.1 Å². The van der Waals surface area contributed by atoms with E-state index in [0.29, 0.717) is 6.54 Å². The first-order valence-corrected chi connectivity index (χ1v) is 11.7. The smallest absolute Gasteiger partial charge is 0.252 e. The first-order valence-electron chi connectivity index (χ1n) is 8.52. The molecule has 1 aliphatic heterocycles. The average molecular weight is 414 g/mol. The lowest BCUT2D eigenvalue weighted by Crippen LogP contribution is -2.42. The molecule has 2 aromatic heterocycles. The van der Waals surface area contributed by atoms with Crippen LogP contribution in [0.5, 0.6) is 0 Å². The Bertz CT molecular complexity index is 798. The quantitative estimate of drug-likeness (QED) is 0.721. The summed E-state index contributed by atoms with van der Waals surface area (Å²) in [6, 6.07) is 7.50. The van der Waals surface area contributed by atoms with Crippen LogP contribution in [0.4, 0.5) is 0 Å². The second-order valence-electron chi connectivity index (χ2n) is 6.27. The maximum Gasteiger partial charge on any atom is 0.252 e. The van der Waals surface area contributed by atoms with Gasteiger partial charge in [0.2, 0.25) is 5.91 Å². The molecule has 1 fully saturated rings. The van der Waals surface area contributed by atoms with Gasteiger partial charge in [0.05, 0.1) is 12.6 Å². The minimum absolute atomic E-state index is 0.153. The van der Waals surface area contributed by atoms with Gasteiger partial charge in [0.25, 0.3) is 10.0 Å². The molecule has 0 spiro atoms. The molecule has 1 N–H and O–H groups in total. The van der Waals surface area contributed by atoms with Gasteiger partial charge in [-0.05, 0) is 48.8 Å². The summed E-state index contributed by atoms with van der Waals surface area (Å²) >= 11 is 2.84. The lowest BCUT2D eigenvalue weighted by molar-refractivity contribution is -0.121. The SMILES string of the molecule is CN(CC(=O)NCC(c1cccs1)N1CCCC1)S(=O)(=O)c1cccs1. The highest BCUT2D eigenvalue weighted by molar-refractivity contribution is 7.91. The van der Waals surface area contributed by atoms with Crippen molar-refractivity contribution in [3.05, 3.63) is 39.9 Å². The van der Waals surface area contributed by atoms with Crippen molar-refractivity contribution < 1.29 is 13.2 Å². The second-order valence-corrected chi connectivity index (χ2v) is 10.5. The van der Waals surface area contributed by atoms with Crippen LogP contribution in [0.1, 0.15) is 23.8 Å². The topological polar surface area (TPSA) is 69.7 Å². The Morgan fingerprint density at radius 2 is 1.92 bits per heavy atom. The van der Waals surface area contributed by atoms with Crippen molar-refractivity contribution in [2.45, 2.75) is 23.1 Å². The van der Waals surface area contributed by atoms with Crippen molar-refractivity contribution in [1.82, 2.24) is 14.5 Å². The Morgan fingerprint density at radius 3 is 2.54 bits per heavy atom. The van der Waals surface area contributed by atoms with Crippen molar-refractivity contribution in [3.8, 4) is 0 Å². The van der Waals surface area contributed by atoms with Crippen LogP contribution >= 0.6 is 22.7 Å². The predicted octanol–water partition coefficient (Wildman–Crippen LogP) is 2.38. The molecule has 6 nitrogen and oxygen atoms in total. The van der Waals surface area contributed by atoms with Crippen LogP contribution in [0.25, 0.3) is 0 Å². The van der Waals surface area contributed by atoms with Crippen LogP contribution in [-0.4, -0.2) is 56.8 Å². The molecule has 142 valence electrons. The number of thiophene rings is 2. The van der Waals surface area contributed by atoms with E-state index in [2.05, 4.69) is 16.3 Å². The number of nitrogens with one attached hydrogen (secondary N) is 1. The number of amides is 1. The third-order valence-electron chi connectivity index (χ3n) is 4.47. The molecule has 0 aliphatic carbocycles. The Kier molecular flexibility index (Phi) is 6.46. The van der Waals surface area contributed by atoms with Gasteiger partial charge in [-0.15, -0.1) is 22.7 Å². The summed E-state index contributed by atoms with van der Waals surface area (Å²) in [5, 5.41) is 6.67. The minimum Gasteiger partial charge on any atom is -0.353 e. The molecule has 1 saturated heterocycles. The second kappa shape index (κ2) is 8.62. The van der Waals surface area contributed by atoms with Crippen molar-refractivity contribution >= 4 is 38.6 Å². The predicted molar refractivity (Wildman–Crippen MR) is 105 cm³/mol. The normalized spacial score (nSPS) is 16.8. The minimum atomic E-state index is -3.61. The molecule has 3 rings (SSSR count). The number of likely N-dealkylation sites (N-methyl/N-ethyl adjacent to an activating group) is 1. The summed E-state index contributed by atoms with van der Waals surface area (Å²) in [4.78, 5) is 15.9. The fourth-order valence-corrected chi connectivity index (χ4v) is 6.25. The molecule has 0 radical (unpaired) electrons. The number of likely N-dealkylation sites (tertiary alicyclic amines) is 1. The summed E-state index contributed by atoms with van der Waals surface area (Å²) in [5.41, 5.74) is 0. The molecule has 1 atom stereocenters. The van der Waals surface area contributed by atoms with Crippen molar-refractivity contribution in [3.63, 3.8) is 0 Å². The van der Waals surface area contributed by atoms with E-state index < -0.39 is 10.0 Å². The molecule has 26 heavy (non-hydrogen) atoms. The first-order chi connectivity index (χ1) is 12.5. The molecule has 1 unspecified atom stereocenters. The van der Waals surface area contributed by atoms with Crippen molar-refractivity contribution in [1.29, 1.82) is 0 Å². The number of rotatable bonds is 8. The van der Waals surface area contributed by atoms with E-state index in [1.165, 1.54) is 24.8 Å². The van der Waals surface area contributed by atoms with Crippen LogP contribution < -0.4 is 5.32 Å². The monoisotopic (exact) mass is 413 g/mol. The van der Waals surface area contributed by atoms with Crippen LogP contribution in [0.2, 0.25) is 0 Å². The largest absolute Gasteiger partial charge is 0.353 e. The Labute approximate surface area is 162 Å². The fraction of sp³-hybridized carbons (Fsp3) is 0.471. The molecular weight excluding hydrogens is 390 g/mol. The van der Waals surface area contributed by atoms with Crippen LogP contribution in [0.3, 0.4) is 0 Å². The van der Waals surface area contributed by atoms with E-state index in [1.54, 1.807) is 28.8 Å². The van der Waals surface area contributed by atoms with Gasteiger partial charge in [0.15, 0.2) is 0 Å². The standard InChI is InChI=1S/C17H23N3O3S3/c1-19(26(22,23)17-7-5-11-25-17)13-16(21)18-12-14(15-6-4-10-24-15)20-8-2-3-9-20/h4-7,10-11,14H,2-3,8-9,12-13H2,1H3,(H,18,21). The van der Waals surface area contributed by atoms with Crippen LogP contribution in [-0.2, 0) is 14.8 Å². The van der Waals surface area contributed by atoms with E-state index in [9.17, 15) is 13.2 Å². The summed E-state index contributed by atoms with van der Waals surface area (Å²) < 4.78 is 26.2. The van der Waals surface area contributed by atoms with E-state index in [4.69, 9.17) is 0 Å². The molecular formula is C17H23N3O3S3. The number of hydrogen-bond donors (Lipinski definition) is 1. The van der Waals surface area contributed by atoms with E-state index >= 15 is 0 Å². The molecule has 0 bridgehead atoms. The fourth-order valence-electron chi connectivity index (χ4n) is 3.06. The molecule has 9 heteroatoms. The molecule has 0 aromatic carbocycles. The summed E-state index contributed by atoms with van der Waals surface area (Å²) in [5.74, 6) is -0.284. The first kappa shape index (κ1) is 19.5. The number of nitrogens with zero attached hydrogens (tertiary/aromatic N) is 2. The lowest BCUT2D eigenvalue weighted by Gasteiger charge is -2.27. The third kappa shape index (κ3) is 4.52. The van der Waals surface area contributed by atoms with Gasteiger partial charge in [-0.25, -0.2) is 8.42 Å². The number of hydrogen-bond acceptors (Lipinski definition) is 6. The zero-order valence-electron chi connectivity index (χ0n) is 14.6. The zero-order chi connectivity index (χ0) is 18.6. The van der Waals surface area contributed by atoms with Gasteiger partial charge in [-0.2, -0.15) is 4.31 Å². The van der Waals surface area contributed by atoms with Gasteiger partial charge in [0, 0.05) is 18.5 Å². The molecule has 3 heterocycles. The van der Waals surface area contributed by atoms with E-state index in [1.807, 2.05) is 11.4 Å². The van der Waals surface area contributed by atoms with Gasteiger partial charge < -0.3 is 5.32 Å². The average Bonchev–Trinajstić information content (AvgIpc) is 3.37. The highest BCUT2D eigenvalue weighted by Crippen LogP contribution is 2.27. The Hall–Kier alpha value is -1.26. The summed E-state index contributed by atoms with van der Waals surface area (Å²) in [6.45, 7) is 2.37. The van der Waals surface area contributed by atoms with Gasteiger partial charge in [-0.3, -0.25) is 9.69 Å². The Morgan fingerprint density at radius 1 is 1.23 bits per heavy atom. The number of sulfonamides is 1. The lowest BCUT2D eigenvalue weighted by atomic mass is 10.2. The molecule has 2 aromatic rings. The maximum absolute atomic E-state index is 12.4. The van der Waals surface area contributed by atoms with Crippen molar-refractivity contribution in [2.75, 3.05) is 33.2 Å².